The number of thiophene rings is 1. The van der Waals surface area contributed by atoms with Gasteiger partial charge in [0.1, 0.15) is 27.2 Å². The van der Waals surface area contributed by atoms with Gasteiger partial charge >= 0.3 is 0 Å². The lowest BCUT2D eigenvalue weighted by Crippen LogP contribution is -2.44. The maximum absolute atomic E-state index is 13.3. The molecule has 1 aliphatic heterocycles. The van der Waals surface area contributed by atoms with Crippen LogP contribution in [0.15, 0.2) is 54.6 Å². The van der Waals surface area contributed by atoms with E-state index in [1.54, 1.807) is 0 Å². The van der Waals surface area contributed by atoms with E-state index >= 15 is 0 Å². The standard InChI is InChI=1S/C28H28N6OS/c1-17-7-9-19(10-8-17)22-21(15-29)26(31)33-28-23(22)24(30)25(36-28)27(35)32-20-11-13-34(14-12-20)16-18-5-3-2-4-6-18/h2-10,20H,11-14,16,30H2,1H3,(H2,31,33)(H,32,35). The fourth-order valence-corrected chi connectivity index (χ4v) is 5.80. The number of nitrogen functional groups attached to an aromatic ring is 2. The van der Waals surface area contributed by atoms with Gasteiger partial charge in [-0.05, 0) is 30.9 Å². The van der Waals surface area contributed by atoms with Crippen LogP contribution in [0, 0.1) is 18.3 Å². The zero-order valence-electron chi connectivity index (χ0n) is 20.1. The zero-order valence-corrected chi connectivity index (χ0v) is 20.9. The summed E-state index contributed by atoms with van der Waals surface area (Å²) in [4.78, 5) is 21.1. The van der Waals surface area contributed by atoms with E-state index in [-0.39, 0.29) is 23.3 Å². The van der Waals surface area contributed by atoms with Gasteiger partial charge in [-0.3, -0.25) is 9.69 Å². The lowest BCUT2D eigenvalue weighted by atomic mass is 9.96. The number of nitrogens with two attached hydrogens (primary N) is 2. The van der Waals surface area contributed by atoms with Gasteiger partial charge in [-0.2, -0.15) is 5.26 Å². The first-order chi connectivity index (χ1) is 17.4. The molecule has 4 aromatic rings. The number of likely N-dealkylation sites (tertiary alicyclic amines) is 1. The molecule has 0 unspecified atom stereocenters. The quantitative estimate of drug-likeness (QED) is 0.368. The Labute approximate surface area is 214 Å². The minimum Gasteiger partial charge on any atom is -0.397 e. The summed E-state index contributed by atoms with van der Waals surface area (Å²) in [5, 5.41) is 13.6. The highest BCUT2D eigenvalue weighted by Crippen LogP contribution is 2.42. The Morgan fingerprint density at radius 1 is 1.14 bits per heavy atom. The van der Waals surface area contributed by atoms with Crippen LogP contribution in [0.4, 0.5) is 11.5 Å². The van der Waals surface area contributed by atoms with Gasteiger partial charge in [0.05, 0.1) is 5.69 Å². The van der Waals surface area contributed by atoms with Crippen LogP contribution in [0.2, 0.25) is 0 Å². The number of benzene rings is 2. The number of anilines is 2. The van der Waals surface area contributed by atoms with E-state index in [0.29, 0.717) is 26.3 Å². The molecule has 2 aromatic heterocycles. The lowest BCUT2D eigenvalue weighted by Gasteiger charge is -2.32. The van der Waals surface area contributed by atoms with Gasteiger partial charge in [0, 0.05) is 36.6 Å². The summed E-state index contributed by atoms with van der Waals surface area (Å²) in [7, 11) is 0. The Bertz CT molecular complexity index is 1450. The first-order valence-electron chi connectivity index (χ1n) is 12.0. The van der Waals surface area contributed by atoms with Crippen molar-refractivity contribution in [2.45, 2.75) is 32.4 Å². The normalized spacial score (nSPS) is 14.6. The third kappa shape index (κ3) is 4.63. The molecule has 0 radical (unpaired) electrons. The first kappa shape index (κ1) is 23.8. The fraction of sp³-hybridized carbons (Fsp3) is 0.250. The Morgan fingerprint density at radius 2 is 1.83 bits per heavy atom. The van der Waals surface area contributed by atoms with Crippen molar-refractivity contribution in [1.29, 1.82) is 5.26 Å². The van der Waals surface area contributed by atoms with Gasteiger partial charge in [0.25, 0.3) is 5.91 Å². The Morgan fingerprint density at radius 3 is 2.50 bits per heavy atom. The van der Waals surface area contributed by atoms with Crippen LogP contribution in [0.25, 0.3) is 21.3 Å². The van der Waals surface area contributed by atoms with E-state index in [2.05, 4.69) is 45.5 Å². The molecule has 36 heavy (non-hydrogen) atoms. The largest absolute Gasteiger partial charge is 0.397 e. The molecular weight excluding hydrogens is 468 g/mol. The molecule has 0 atom stereocenters. The molecule has 8 heteroatoms. The van der Waals surface area contributed by atoms with E-state index in [0.717, 1.165) is 43.6 Å². The van der Waals surface area contributed by atoms with Crippen molar-refractivity contribution >= 4 is 39.0 Å². The highest BCUT2D eigenvalue weighted by atomic mass is 32.1. The van der Waals surface area contributed by atoms with Gasteiger partial charge in [-0.15, -0.1) is 11.3 Å². The summed E-state index contributed by atoms with van der Waals surface area (Å²) < 4.78 is 0. The first-order valence-corrected chi connectivity index (χ1v) is 12.8. The minimum atomic E-state index is -0.205. The number of nitriles is 1. The maximum atomic E-state index is 13.3. The van der Waals surface area contributed by atoms with Gasteiger partial charge < -0.3 is 16.8 Å². The third-order valence-corrected chi connectivity index (χ3v) is 7.83. The van der Waals surface area contributed by atoms with E-state index in [9.17, 15) is 10.1 Å². The summed E-state index contributed by atoms with van der Waals surface area (Å²) >= 11 is 1.22. The molecule has 2 aromatic carbocycles. The van der Waals surface area contributed by atoms with Crippen molar-refractivity contribution in [1.82, 2.24) is 15.2 Å². The van der Waals surface area contributed by atoms with Crippen LogP contribution in [0.5, 0.6) is 0 Å². The highest BCUT2D eigenvalue weighted by Gasteiger charge is 2.27. The maximum Gasteiger partial charge on any atom is 0.263 e. The van der Waals surface area contributed by atoms with Crippen LogP contribution in [-0.4, -0.2) is 34.9 Å². The Balaban J connectivity index is 1.38. The van der Waals surface area contributed by atoms with E-state index < -0.39 is 0 Å². The molecule has 5 rings (SSSR count). The number of aryl methyl sites for hydroxylation is 1. The van der Waals surface area contributed by atoms with Gasteiger partial charge in [-0.1, -0.05) is 60.2 Å². The number of aromatic nitrogens is 1. The average molecular weight is 497 g/mol. The summed E-state index contributed by atoms with van der Waals surface area (Å²) in [5.41, 5.74) is 17.1. The summed E-state index contributed by atoms with van der Waals surface area (Å²) in [6.45, 7) is 4.76. The number of hydrogen-bond acceptors (Lipinski definition) is 7. The smallest absolute Gasteiger partial charge is 0.263 e. The summed E-state index contributed by atoms with van der Waals surface area (Å²) in [6, 6.07) is 20.5. The Kier molecular flexibility index (Phi) is 6.59. The second-order valence-electron chi connectivity index (χ2n) is 9.26. The fourth-order valence-electron chi connectivity index (χ4n) is 4.79. The second-order valence-corrected chi connectivity index (χ2v) is 10.3. The van der Waals surface area contributed by atoms with E-state index in [1.807, 2.05) is 37.3 Å². The predicted octanol–water partition coefficient (Wildman–Crippen LogP) is 4.70. The molecule has 1 amide bonds. The van der Waals surface area contributed by atoms with Crippen molar-refractivity contribution in [3.05, 3.63) is 76.2 Å². The molecule has 3 heterocycles. The van der Waals surface area contributed by atoms with E-state index in [4.69, 9.17) is 11.5 Å². The number of nitrogens with zero attached hydrogens (tertiary/aromatic N) is 3. The minimum absolute atomic E-state index is 0.0819. The van der Waals surface area contributed by atoms with Crippen LogP contribution in [0.1, 0.15) is 39.2 Å². The lowest BCUT2D eigenvalue weighted by molar-refractivity contribution is 0.0914. The summed E-state index contributed by atoms with van der Waals surface area (Å²) in [5.74, 6) is -0.0662. The number of piperidine rings is 1. The molecule has 1 fully saturated rings. The average Bonchev–Trinajstić information content (AvgIpc) is 3.21. The number of nitrogens with one attached hydrogen (secondary N) is 1. The molecule has 0 spiro atoms. The van der Waals surface area contributed by atoms with E-state index in [1.165, 1.54) is 16.9 Å². The predicted molar refractivity (Wildman–Crippen MR) is 146 cm³/mol. The molecule has 7 nitrogen and oxygen atoms in total. The molecule has 1 saturated heterocycles. The van der Waals surface area contributed by atoms with Gasteiger partial charge in [0.2, 0.25) is 0 Å². The molecule has 0 bridgehead atoms. The van der Waals surface area contributed by atoms with Crippen LogP contribution < -0.4 is 16.8 Å². The van der Waals surface area contributed by atoms with Gasteiger partial charge in [0.15, 0.2) is 0 Å². The Hall–Kier alpha value is -3.93. The van der Waals surface area contributed by atoms with Crippen molar-refractivity contribution in [3.8, 4) is 17.2 Å². The molecular formula is C28H28N6OS. The van der Waals surface area contributed by atoms with Crippen molar-refractivity contribution < 1.29 is 4.79 Å². The molecule has 1 aliphatic rings. The molecule has 182 valence electrons. The number of amides is 1. The number of fused-ring (bicyclic) bond motifs is 1. The topological polar surface area (TPSA) is 121 Å². The van der Waals surface area contributed by atoms with Crippen molar-refractivity contribution in [3.63, 3.8) is 0 Å². The van der Waals surface area contributed by atoms with Crippen molar-refractivity contribution in [2.75, 3.05) is 24.6 Å². The highest BCUT2D eigenvalue weighted by molar-refractivity contribution is 7.21. The van der Waals surface area contributed by atoms with Crippen LogP contribution in [0.3, 0.4) is 0 Å². The van der Waals surface area contributed by atoms with Crippen LogP contribution in [-0.2, 0) is 6.54 Å². The number of hydrogen-bond donors (Lipinski definition) is 3. The van der Waals surface area contributed by atoms with Gasteiger partial charge in [-0.25, -0.2) is 4.98 Å². The molecule has 0 aliphatic carbocycles. The monoisotopic (exact) mass is 496 g/mol. The third-order valence-electron chi connectivity index (χ3n) is 6.73. The number of rotatable bonds is 5. The number of carbonyl (C=O) groups excluding carboxylic acids is 1. The second kappa shape index (κ2) is 9.97. The number of pyridine rings is 1. The van der Waals surface area contributed by atoms with Crippen LogP contribution >= 0.6 is 11.3 Å². The summed E-state index contributed by atoms with van der Waals surface area (Å²) in [6.07, 6.45) is 1.75. The molecule has 5 N–H and O–H groups in total. The van der Waals surface area contributed by atoms with Crippen molar-refractivity contribution in [2.24, 2.45) is 0 Å². The zero-order chi connectivity index (χ0) is 25.2. The SMILES string of the molecule is Cc1ccc(-c2c(C#N)c(N)nc3sc(C(=O)NC4CCN(Cc5ccccc5)CC4)c(N)c23)cc1. The molecule has 0 saturated carbocycles. The number of carbonyl (C=O) groups is 1.